The summed E-state index contributed by atoms with van der Waals surface area (Å²) < 4.78 is 1.03. The molecule has 0 spiro atoms. The van der Waals surface area contributed by atoms with Gasteiger partial charge in [0.1, 0.15) is 5.75 Å². The van der Waals surface area contributed by atoms with Crippen molar-refractivity contribution in [3.63, 3.8) is 0 Å². The molecule has 0 radical (unpaired) electrons. The third-order valence-corrected chi connectivity index (χ3v) is 5.62. The molecule has 0 aliphatic carbocycles. The van der Waals surface area contributed by atoms with Gasteiger partial charge in [-0.1, -0.05) is 76.1 Å². The standard InChI is InChI=1S/C23H21BrClNO/c24-22-9-5-4-8-17(22)13-18(21-15-19(25)10-11-23(21)27)14-20(26)12-16-6-2-1-3-7-16/h1-11,15,18,26-27H,12-14H2. The minimum atomic E-state index is -0.0291. The highest BCUT2D eigenvalue weighted by atomic mass is 79.9. The van der Waals surface area contributed by atoms with Gasteiger partial charge in [-0.3, -0.25) is 0 Å². The highest BCUT2D eigenvalue weighted by Gasteiger charge is 2.20. The Bertz CT molecular complexity index is 927. The van der Waals surface area contributed by atoms with Crippen LogP contribution >= 0.6 is 27.5 Å². The lowest BCUT2D eigenvalue weighted by Gasteiger charge is -2.20. The third-order valence-electron chi connectivity index (χ3n) is 4.61. The second-order valence-corrected chi connectivity index (χ2v) is 7.96. The van der Waals surface area contributed by atoms with Crippen molar-refractivity contribution in [2.24, 2.45) is 0 Å². The number of benzene rings is 3. The molecule has 27 heavy (non-hydrogen) atoms. The third kappa shape index (κ3) is 5.44. The van der Waals surface area contributed by atoms with Gasteiger partial charge in [-0.15, -0.1) is 0 Å². The van der Waals surface area contributed by atoms with E-state index in [-0.39, 0.29) is 11.7 Å². The number of phenolic OH excluding ortho intramolecular Hbond substituents is 1. The van der Waals surface area contributed by atoms with E-state index in [0.717, 1.165) is 21.2 Å². The lowest BCUT2D eigenvalue weighted by atomic mass is 9.86. The van der Waals surface area contributed by atoms with Crippen LogP contribution in [0.3, 0.4) is 0 Å². The van der Waals surface area contributed by atoms with Gasteiger partial charge >= 0.3 is 0 Å². The van der Waals surface area contributed by atoms with E-state index in [9.17, 15) is 5.11 Å². The Balaban J connectivity index is 1.86. The van der Waals surface area contributed by atoms with Gasteiger partial charge in [0.15, 0.2) is 0 Å². The number of hydrogen-bond acceptors (Lipinski definition) is 2. The second-order valence-electron chi connectivity index (χ2n) is 6.67. The summed E-state index contributed by atoms with van der Waals surface area (Å²) in [4.78, 5) is 0. The van der Waals surface area contributed by atoms with Crippen molar-refractivity contribution in [2.45, 2.75) is 25.2 Å². The largest absolute Gasteiger partial charge is 0.508 e. The van der Waals surface area contributed by atoms with Gasteiger partial charge in [0.25, 0.3) is 0 Å². The molecule has 0 saturated carbocycles. The topological polar surface area (TPSA) is 44.1 Å². The number of hydrogen-bond donors (Lipinski definition) is 2. The van der Waals surface area contributed by atoms with Crippen LogP contribution in [-0.2, 0) is 12.8 Å². The molecule has 2 nitrogen and oxygen atoms in total. The molecular formula is C23H21BrClNO. The Morgan fingerprint density at radius 2 is 1.70 bits per heavy atom. The summed E-state index contributed by atoms with van der Waals surface area (Å²) in [7, 11) is 0. The Labute approximate surface area is 173 Å². The van der Waals surface area contributed by atoms with E-state index in [1.165, 1.54) is 0 Å². The van der Waals surface area contributed by atoms with Crippen LogP contribution < -0.4 is 0 Å². The van der Waals surface area contributed by atoms with E-state index in [4.69, 9.17) is 17.0 Å². The van der Waals surface area contributed by atoms with Crippen LogP contribution in [0, 0.1) is 5.41 Å². The molecule has 1 unspecified atom stereocenters. The molecule has 4 heteroatoms. The Kier molecular flexibility index (Phi) is 6.70. The van der Waals surface area contributed by atoms with Crippen molar-refractivity contribution >= 4 is 33.2 Å². The summed E-state index contributed by atoms with van der Waals surface area (Å²) in [5, 5.41) is 19.5. The average molecular weight is 443 g/mol. The molecule has 0 aromatic heterocycles. The van der Waals surface area contributed by atoms with Gasteiger partial charge in [-0.2, -0.15) is 0 Å². The first-order chi connectivity index (χ1) is 13.0. The zero-order chi connectivity index (χ0) is 19.2. The fraction of sp³-hybridized carbons (Fsp3) is 0.174. The maximum atomic E-state index is 10.4. The van der Waals surface area contributed by atoms with Crippen LogP contribution in [0.4, 0.5) is 0 Å². The minimum absolute atomic E-state index is 0.0291. The van der Waals surface area contributed by atoms with Crippen LogP contribution in [0.1, 0.15) is 29.0 Å². The smallest absolute Gasteiger partial charge is 0.119 e. The molecule has 3 aromatic rings. The Hall–Kier alpha value is -2.10. The molecule has 1 atom stereocenters. The van der Waals surface area contributed by atoms with Gasteiger partial charge < -0.3 is 10.5 Å². The maximum absolute atomic E-state index is 10.4. The maximum Gasteiger partial charge on any atom is 0.119 e. The van der Waals surface area contributed by atoms with Gasteiger partial charge in [0.05, 0.1) is 0 Å². The fourth-order valence-corrected chi connectivity index (χ4v) is 3.91. The van der Waals surface area contributed by atoms with E-state index in [1.54, 1.807) is 12.1 Å². The number of nitrogens with one attached hydrogen (secondary N) is 1. The lowest BCUT2D eigenvalue weighted by molar-refractivity contribution is 0.461. The first-order valence-electron chi connectivity index (χ1n) is 8.85. The molecule has 0 heterocycles. The minimum Gasteiger partial charge on any atom is -0.508 e. The van der Waals surface area contributed by atoms with Crippen molar-refractivity contribution in [1.29, 1.82) is 5.41 Å². The van der Waals surface area contributed by atoms with Crippen LogP contribution in [0.25, 0.3) is 0 Å². The van der Waals surface area contributed by atoms with Gasteiger partial charge in [-0.05, 0) is 59.7 Å². The van der Waals surface area contributed by atoms with E-state index in [1.807, 2.05) is 54.6 Å². The second kappa shape index (κ2) is 9.20. The molecule has 0 bridgehead atoms. The van der Waals surface area contributed by atoms with E-state index >= 15 is 0 Å². The summed E-state index contributed by atoms with van der Waals surface area (Å²) in [5.41, 5.74) is 3.69. The molecular weight excluding hydrogens is 422 g/mol. The Morgan fingerprint density at radius 3 is 2.44 bits per heavy atom. The van der Waals surface area contributed by atoms with Crippen LogP contribution in [0.2, 0.25) is 5.02 Å². The van der Waals surface area contributed by atoms with Crippen molar-refractivity contribution in [3.05, 3.63) is 99.0 Å². The normalized spacial score (nSPS) is 11.9. The average Bonchev–Trinajstić information content (AvgIpc) is 2.66. The SMILES string of the molecule is N=C(Cc1ccccc1)CC(Cc1ccccc1Br)c1cc(Cl)ccc1O. The summed E-state index contributed by atoms with van der Waals surface area (Å²) in [6.45, 7) is 0. The fourth-order valence-electron chi connectivity index (χ4n) is 3.29. The predicted octanol–water partition coefficient (Wildman–Crippen LogP) is 6.79. The summed E-state index contributed by atoms with van der Waals surface area (Å²) in [6, 6.07) is 23.2. The highest BCUT2D eigenvalue weighted by molar-refractivity contribution is 9.10. The zero-order valence-electron chi connectivity index (χ0n) is 14.8. The van der Waals surface area contributed by atoms with E-state index < -0.39 is 0 Å². The molecule has 0 saturated heterocycles. The number of halogens is 2. The summed E-state index contributed by atoms with van der Waals surface area (Å²) in [5.74, 6) is 0.197. The van der Waals surface area contributed by atoms with Crippen LogP contribution in [-0.4, -0.2) is 10.8 Å². The predicted molar refractivity (Wildman–Crippen MR) is 116 cm³/mol. The quantitative estimate of drug-likeness (QED) is 0.389. The van der Waals surface area contributed by atoms with Crippen molar-refractivity contribution in [1.82, 2.24) is 0 Å². The monoisotopic (exact) mass is 441 g/mol. The molecule has 2 N–H and O–H groups in total. The number of aromatic hydroxyl groups is 1. The molecule has 138 valence electrons. The molecule has 0 aliphatic rings. The molecule has 0 amide bonds. The molecule has 3 aromatic carbocycles. The van der Waals surface area contributed by atoms with Gasteiger partial charge in [0, 0.05) is 21.6 Å². The van der Waals surface area contributed by atoms with E-state index in [2.05, 4.69) is 22.0 Å². The number of rotatable bonds is 7. The van der Waals surface area contributed by atoms with E-state index in [0.29, 0.717) is 30.0 Å². The summed E-state index contributed by atoms with van der Waals surface area (Å²) in [6.07, 6.45) is 1.88. The van der Waals surface area contributed by atoms with Gasteiger partial charge in [-0.25, -0.2) is 0 Å². The van der Waals surface area contributed by atoms with Gasteiger partial charge in [0.2, 0.25) is 0 Å². The number of phenols is 1. The molecule has 0 fully saturated rings. The first kappa shape index (κ1) is 19.7. The van der Waals surface area contributed by atoms with Crippen LogP contribution in [0.5, 0.6) is 5.75 Å². The summed E-state index contributed by atoms with van der Waals surface area (Å²) >= 11 is 9.80. The lowest BCUT2D eigenvalue weighted by Crippen LogP contribution is -2.12. The molecule has 3 rings (SSSR count). The van der Waals surface area contributed by atoms with Crippen LogP contribution in [0.15, 0.2) is 77.3 Å². The van der Waals surface area contributed by atoms with Crippen molar-refractivity contribution in [3.8, 4) is 5.75 Å². The Morgan fingerprint density at radius 1 is 1.00 bits per heavy atom. The highest BCUT2D eigenvalue weighted by Crippen LogP contribution is 2.35. The first-order valence-corrected chi connectivity index (χ1v) is 10.0. The molecule has 0 aliphatic heterocycles. The van der Waals surface area contributed by atoms with Crippen molar-refractivity contribution in [2.75, 3.05) is 0 Å². The van der Waals surface area contributed by atoms with Crippen molar-refractivity contribution < 1.29 is 5.11 Å². The zero-order valence-corrected chi connectivity index (χ0v) is 17.2.